The number of fused-ring (bicyclic) bond motifs is 1. The summed E-state index contributed by atoms with van der Waals surface area (Å²) in [6.07, 6.45) is 1.04. The minimum Gasteiger partial charge on any atom is -0.369 e. The summed E-state index contributed by atoms with van der Waals surface area (Å²) in [6.45, 7) is 5.39. The average molecular weight is 462 g/mol. The first kappa shape index (κ1) is 21.4. The Morgan fingerprint density at radius 1 is 0.844 bits per heavy atom. The number of rotatable bonds is 5. The fraction of sp³-hybridized carbons (Fsp3) is 0.296. The van der Waals surface area contributed by atoms with Crippen molar-refractivity contribution in [3.05, 3.63) is 101 Å². The van der Waals surface area contributed by atoms with Crippen molar-refractivity contribution < 1.29 is 0 Å². The second-order valence-electron chi connectivity index (χ2n) is 8.63. The molecule has 0 saturated carbocycles. The third-order valence-electron chi connectivity index (χ3n) is 6.70. The molecule has 2 aliphatic rings. The number of nitrogens with zero attached hydrogens (tertiary/aromatic N) is 2. The van der Waals surface area contributed by atoms with Crippen molar-refractivity contribution in [3.63, 3.8) is 0 Å². The lowest BCUT2D eigenvalue weighted by molar-refractivity contribution is 0.252. The molecular weight excluding hydrogens is 434 g/mol. The van der Waals surface area contributed by atoms with Gasteiger partial charge >= 0.3 is 0 Å². The van der Waals surface area contributed by atoms with Crippen LogP contribution in [0.4, 0.5) is 5.69 Å². The van der Waals surface area contributed by atoms with Gasteiger partial charge < -0.3 is 10.2 Å². The fourth-order valence-corrected chi connectivity index (χ4v) is 5.53. The molecule has 5 heteroatoms. The summed E-state index contributed by atoms with van der Waals surface area (Å²) in [5.74, 6) is 0.254. The first-order valence-electron chi connectivity index (χ1n) is 11.4. The third kappa shape index (κ3) is 4.54. The van der Waals surface area contributed by atoms with Gasteiger partial charge in [0.05, 0.1) is 11.0 Å². The maximum absolute atomic E-state index is 6.27. The first-order chi connectivity index (χ1) is 15.7. The van der Waals surface area contributed by atoms with Crippen LogP contribution in [0, 0.1) is 0 Å². The van der Waals surface area contributed by atoms with Crippen molar-refractivity contribution in [2.24, 2.45) is 0 Å². The quantitative estimate of drug-likeness (QED) is 0.494. The van der Waals surface area contributed by atoms with Gasteiger partial charge in [-0.15, -0.1) is 0 Å². The molecule has 0 spiro atoms. The molecule has 2 unspecified atom stereocenters. The predicted octanol–water partition coefficient (Wildman–Crippen LogP) is 5.66. The summed E-state index contributed by atoms with van der Waals surface area (Å²) in [5, 5.41) is 4.38. The zero-order valence-corrected chi connectivity index (χ0v) is 19.7. The highest BCUT2D eigenvalue weighted by Crippen LogP contribution is 2.37. The molecule has 1 saturated heterocycles. The lowest BCUT2D eigenvalue weighted by Crippen LogP contribution is -2.47. The molecule has 3 nitrogen and oxygen atoms in total. The molecule has 0 radical (unpaired) electrons. The molecule has 3 aromatic rings. The van der Waals surface area contributed by atoms with Gasteiger partial charge in [-0.3, -0.25) is 4.90 Å². The predicted molar refractivity (Wildman–Crippen MR) is 138 cm³/mol. The van der Waals surface area contributed by atoms with Crippen LogP contribution in [0.3, 0.4) is 0 Å². The van der Waals surface area contributed by atoms with E-state index < -0.39 is 0 Å². The van der Waals surface area contributed by atoms with E-state index in [4.69, 9.17) is 23.8 Å². The highest BCUT2D eigenvalue weighted by molar-refractivity contribution is 7.80. The highest BCUT2D eigenvalue weighted by atomic mass is 35.5. The van der Waals surface area contributed by atoms with Crippen LogP contribution in [-0.2, 0) is 0 Å². The molecule has 0 aliphatic carbocycles. The molecule has 5 rings (SSSR count). The van der Waals surface area contributed by atoms with E-state index in [9.17, 15) is 0 Å². The molecule has 0 amide bonds. The third-order valence-corrected chi connectivity index (χ3v) is 7.33. The number of piperazine rings is 1. The van der Waals surface area contributed by atoms with E-state index in [1.54, 1.807) is 0 Å². The van der Waals surface area contributed by atoms with Crippen molar-refractivity contribution in [1.82, 2.24) is 10.2 Å². The SMILES string of the molecule is S=C1NC(c2cccc(Cl)c2)c2ccccc2C1CCN1CCN(c2ccccc2)CC1. The van der Waals surface area contributed by atoms with Gasteiger partial charge in [0.15, 0.2) is 0 Å². The Kier molecular flexibility index (Phi) is 6.44. The Morgan fingerprint density at radius 2 is 1.56 bits per heavy atom. The zero-order valence-electron chi connectivity index (χ0n) is 18.1. The molecule has 1 N–H and O–H groups in total. The van der Waals surface area contributed by atoms with E-state index in [1.165, 1.54) is 16.8 Å². The number of nitrogens with one attached hydrogen (secondary N) is 1. The van der Waals surface area contributed by atoms with Crippen molar-refractivity contribution >= 4 is 34.5 Å². The van der Waals surface area contributed by atoms with Crippen LogP contribution in [0.1, 0.15) is 35.1 Å². The molecule has 32 heavy (non-hydrogen) atoms. The fourth-order valence-electron chi connectivity index (χ4n) is 4.97. The van der Waals surface area contributed by atoms with Gasteiger partial charge in [-0.05, 0) is 53.9 Å². The normalized spacial score (nSPS) is 21.2. The lowest BCUT2D eigenvalue weighted by atomic mass is 9.82. The van der Waals surface area contributed by atoms with E-state index in [-0.39, 0.29) is 12.0 Å². The molecular formula is C27H28ClN3S. The van der Waals surface area contributed by atoms with Crippen molar-refractivity contribution in [2.45, 2.75) is 18.4 Å². The van der Waals surface area contributed by atoms with Gasteiger partial charge in [-0.25, -0.2) is 0 Å². The molecule has 0 bridgehead atoms. The zero-order chi connectivity index (χ0) is 21.9. The molecule has 0 aromatic heterocycles. The van der Waals surface area contributed by atoms with Gasteiger partial charge in [0, 0.05) is 42.8 Å². The smallest absolute Gasteiger partial charge is 0.0837 e. The Labute approximate surface area is 201 Å². The minimum atomic E-state index is 0.0584. The van der Waals surface area contributed by atoms with Crippen LogP contribution >= 0.6 is 23.8 Å². The van der Waals surface area contributed by atoms with Crippen LogP contribution in [-0.4, -0.2) is 42.6 Å². The number of halogens is 1. The van der Waals surface area contributed by atoms with Crippen molar-refractivity contribution in [1.29, 1.82) is 0 Å². The number of para-hydroxylation sites is 1. The molecule has 164 valence electrons. The summed E-state index contributed by atoms with van der Waals surface area (Å²) in [4.78, 5) is 6.00. The number of benzene rings is 3. The number of thiocarbonyl (C=S) groups is 1. The van der Waals surface area contributed by atoms with Crippen LogP contribution < -0.4 is 10.2 Å². The van der Waals surface area contributed by atoms with Crippen LogP contribution in [0.15, 0.2) is 78.9 Å². The number of hydrogen-bond donors (Lipinski definition) is 1. The van der Waals surface area contributed by atoms with Gasteiger partial charge in [0.25, 0.3) is 0 Å². The maximum Gasteiger partial charge on any atom is 0.0837 e. The largest absolute Gasteiger partial charge is 0.369 e. The van der Waals surface area contributed by atoms with Gasteiger partial charge in [-0.1, -0.05) is 78.4 Å². The molecule has 2 heterocycles. The summed E-state index contributed by atoms with van der Waals surface area (Å²) in [5.41, 5.74) is 5.14. The Hall–Kier alpha value is -2.40. The highest BCUT2D eigenvalue weighted by Gasteiger charge is 2.31. The number of anilines is 1. The van der Waals surface area contributed by atoms with Gasteiger partial charge in [-0.2, -0.15) is 0 Å². The lowest BCUT2D eigenvalue weighted by Gasteiger charge is -2.38. The standard InChI is InChI=1S/C27H28ClN3S/c28-21-8-6-7-20(19-21)26-24-12-5-4-11-23(24)25(27(32)29-26)13-14-30-15-17-31(18-16-30)22-9-2-1-3-10-22/h1-12,19,25-26H,13-18H2,(H,29,32). The van der Waals surface area contributed by atoms with E-state index in [0.29, 0.717) is 0 Å². The topological polar surface area (TPSA) is 18.5 Å². The second kappa shape index (κ2) is 9.62. The Bertz CT molecular complexity index is 1080. The summed E-state index contributed by atoms with van der Waals surface area (Å²) < 4.78 is 0. The Balaban J connectivity index is 1.26. The van der Waals surface area contributed by atoms with Gasteiger partial charge in [0.1, 0.15) is 0 Å². The molecule has 2 atom stereocenters. The summed E-state index contributed by atoms with van der Waals surface area (Å²) in [7, 11) is 0. The molecule has 1 fully saturated rings. The average Bonchev–Trinajstić information content (AvgIpc) is 2.84. The maximum atomic E-state index is 6.27. The number of hydrogen-bond acceptors (Lipinski definition) is 3. The summed E-state index contributed by atoms with van der Waals surface area (Å²) >= 11 is 12.2. The monoisotopic (exact) mass is 461 g/mol. The first-order valence-corrected chi connectivity index (χ1v) is 12.1. The van der Waals surface area contributed by atoms with Crippen LogP contribution in [0.2, 0.25) is 5.02 Å². The molecule has 3 aromatic carbocycles. The second-order valence-corrected chi connectivity index (χ2v) is 9.51. The van der Waals surface area contributed by atoms with Crippen molar-refractivity contribution in [2.75, 3.05) is 37.6 Å². The Morgan fingerprint density at radius 3 is 2.31 bits per heavy atom. The van der Waals surface area contributed by atoms with Crippen LogP contribution in [0.5, 0.6) is 0 Å². The van der Waals surface area contributed by atoms with Gasteiger partial charge in [0.2, 0.25) is 0 Å². The minimum absolute atomic E-state index is 0.0584. The molecule has 2 aliphatic heterocycles. The van der Waals surface area contributed by atoms with E-state index >= 15 is 0 Å². The summed E-state index contributed by atoms with van der Waals surface area (Å²) in [6, 6.07) is 27.6. The van der Waals surface area contributed by atoms with Crippen molar-refractivity contribution in [3.8, 4) is 0 Å². The van der Waals surface area contributed by atoms with Crippen LogP contribution in [0.25, 0.3) is 0 Å². The van der Waals surface area contributed by atoms with E-state index in [0.717, 1.165) is 54.7 Å². The van der Waals surface area contributed by atoms with E-state index in [2.05, 4.69) is 75.8 Å². The van der Waals surface area contributed by atoms with E-state index in [1.807, 2.05) is 18.2 Å².